The summed E-state index contributed by atoms with van der Waals surface area (Å²) < 4.78 is 28.3. The average Bonchev–Trinajstić information content (AvgIpc) is 3.45. The summed E-state index contributed by atoms with van der Waals surface area (Å²) in [4.78, 5) is 12.9. The summed E-state index contributed by atoms with van der Waals surface area (Å²) in [5.74, 6) is -0.354. The number of hydrogen-bond donors (Lipinski definition) is 1. The van der Waals surface area contributed by atoms with Gasteiger partial charge in [0.2, 0.25) is 15.0 Å². The Morgan fingerprint density at radius 3 is 2.36 bits per heavy atom. The lowest BCUT2D eigenvalue weighted by Crippen LogP contribution is -2.30. The summed E-state index contributed by atoms with van der Waals surface area (Å²) in [5, 5.41) is 11.8. The molecule has 7 nitrogen and oxygen atoms in total. The number of benzene rings is 2. The Hall–Kier alpha value is -2.62. The summed E-state index contributed by atoms with van der Waals surface area (Å²) in [7, 11) is -3.69. The number of sulfonamides is 1. The normalized spacial score (nSPS) is 17.3. The summed E-state index contributed by atoms with van der Waals surface area (Å²) in [6.07, 6.45) is 1.38. The van der Waals surface area contributed by atoms with E-state index >= 15 is 0 Å². The molecular weight excluding hydrogens is 456 g/mol. The smallest absolute Gasteiger partial charge is 0.286 e. The molecule has 1 aliphatic rings. The number of nitrogens with one attached hydrogen (secondary N) is 1. The van der Waals surface area contributed by atoms with E-state index in [1.807, 2.05) is 43.3 Å². The predicted octanol–water partition coefficient (Wildman–Crippen LogP) is 4.92. The molecule has 9 heteroatoms. The van der Waals surface area contributed by atoms with E-state index in [2.05, 4.69) is 36.3 Å². The van der Waals surface area contributed by atoms with Crippen LogP contribution < -0.4 is 5.32 Å². The van der Waals surface area contributed by atoms with E-state index in [1.54, 1.807) is 12.1 Å². The molecule has 1 saturated heterocycles. The van der Waals surface area contributed by atoms with E-state index in [-0.39, 0.29) is 21.2 Å². The Morgan fingerprint density at radius 1 is 1.06 bits per heavy atom. The summed E-state index contributed by atoms with van der Waals surface area (Å²) in [5.41, 5.74) is 2.79. The number of aryl methyl sites for hydroxylation is 1. The van der Waals surface area contributed by atoms with Gasteiger partial charge in [0.25, 0.3) is 5.91 Å². The first-order valence-corrected chi connectivity index (χ1v) is 13.2. The number of aromatic nitrogens is 2. The van der Waals surface area contributed by atoms with Crippen LogP contribution in [0.15, 0.2) is 53.4 Å². The molecule has 0 spiro atoms. The van der Waals surface area contributed by atoms with Crippen LogP contribution in [-0.2, 0) is 15.4 Å². The number of carbonyl (C=O) groups is 1. The molecule has 2 aromatic carbocycles. The molecule has 1 fully saturated rings. The topological polar surface area (TPSA) is 92.3 Å². The molecule has 2 heterocycles. The quantitative estimate of drug-likeness (QED) is 0.555. The monoisotopic (exact) mass is 484 g/mol. The third-order valence-electron chi connectivity index (χ3n) is 5.76. The zero-order chi connectivity index (χ0) is 23.8. The van der Waals surface area contributed by atoms with Gasteiger partial charge in [-0.1, -0.05) is 61.9 Å². The molecule has 0 radical (unpaired) electrons. The van der Waals surface area contributed by atoms with Crippen molar-refractivity contribution in [3.05, 3.63) is 69.7 Å². The number of carbonyl (C=O) groups excluding carboxylic acids is 1. The van der Waals surface area contributed by atoms with Crippen molar-refractivity contribution in [3.63, 3.8) is 0 Å². The van der Waals surface area contributed by atoms with Gasteiger partial charge in [0, 0.05) is 12.2 Å². The fourth-order valence-electron chi connectivity index (χ4n) is 3.82. The van der Waals surface area contributed by atoms with Crippen LogP contribution in [0.1, 0.15) is 65.6 Å². The Bertz CT molecular complexity index is 1240. The first-order valence-electron chi connectivity index (χ1n) is 10.9. The molecule has 4 rings (SSSR count). The van der Waals surface area contributed by atoms with E-state index < -0.39 is 16.1 Å². The maximum Gasteiger partial charge on any atom is 0.286 e. The van der Waals surface area contributed by atoms with Crippen molar-refractivity contribution in [1.82, 2.24) is 14.5 Å². The second-order valence-corrected chi connectivity index (χ2v) is 12.2. The van der Waals surface area contributed by atoms with Crippen molar-refractivity contribution in [3.8, 4) is 0 Å². The minimum Gasteiger partial charge on any atom is -0.320 e. The van der Waals surface area contributed by atoms with Crippen LogP contribution in [0, 0.1) is 6.92 Å². The number of hydrogen-bond acceptors (Lipinski definition) is 6. The summed E-state index contributed by atoms with van der Waals surface area (Å²) in [6, 6.07) is 14.1. The van der Waals surface area contributed by atoms with E-state index in [1.165, 1.54) is 4.31 Å². The van der Waals surface area contributed by atoms with Crippen LogP contribution in [0.4, 0.5) is 5.69 Å². The number of anilines is 1. The zero-order valence-corrected chi connectivity index (χ0v) is 20.8. The molecule has 1 aromatic heterocycles. The summed E-state index contributed by atoms with van der Waals surface area (Å²) in [6.45, 7) is 8.67. The van der Waals surface area contributed by atoms with Crippen LogP contribution in [0.25, 0.3) is 0 Å². The third kappa shape index (κ3) is 5.00. The van der Waals surface area contributed by atoms with Gasteiger partial charge in [-0.2, -0.15) is 4.31 Å². The van der Waals surface area contributed by atoms with Crippen LogP contribution >= 0.6 is 11.3 Å². The highest BCUT2D eigenvalue weighted by molar-refractivity contribution is 7.89. The Morgan fingerprint density at radius 2 is 1.73 bits per heavy atom. The van der Waals surface area contributed by atoms with Gasteiger partial charge in [-0.05, 0) is 55.0 Å². The van der Waals surface area contributed by atoms with E-state index in [9.17, 15) is 13.2 Å². The SMILES string of the molecule is Cc1ccc(NC(=O)c2nnc([C@H]3CCCN3S(=O)(=O)c3ccc(C(C)(C)C)cc3)s2)cc1. The van der Waals surface area contributed by atoms with Gasteiger partial charge < -0.3 is 5.32 Å². The van der Waals surface area contributed by atoms with Crippen LogP contribution in [0.2, 0.25) is 0 Å². The Balaban J connectivity index is 1.53. The van der Waals surface area contributed by atoms with Crippen molar-refractivity contribution in [2.45, 2.75) is 56.9 Å². The van der Waals surface area contributed by atoms with Gasteiger partial charge in [-0.15, -0.1) is 10.2 Å². The van der Waals surface area contributed by atoms with Crippen molar-refractivity contribution >= 4 is 33.0 Å². The molecule has 33 heavy (non-hydrogen) atoms. The van der Waals surface area contributed by atoms with Gasteiger partial charge in [0.1, 0.15) is 5.01 Å². The van der Waals surface area contributed by atoms with Crippen molar-refractivity contribution in [2.24, 2.45) is 0 Å². The molecule has 0 unspecified atom stereocenters. The number of amides is 1. The minimum absolute atomic E-state index is 0.0550. The van der Waals surface area contributed by atoms with Crippen molar-refractivity contribution < 1.29 is 13.2 Å². The molecule has 1 aliphatic heterocycles. The third-order valence-corrected chi connectivity index (χ3v) is 8.71. The first kappa shape index (κ1) is 23.5. The lowest BCUT2D eigenvalue weighted by molar-refractivity contribution is 0.102. The van der Waals surface area contributed by atoms with Gasteiger partial charge in [-0.25, -0.2) is 8.42 Å². The lowest BCUT2D eigenvalue weighted by Gasteiger charge is -2.23. The lowest BCUT2D eigenvalue weighted by atomic mass is 9.87. The van der Waals surface area contributed by atoms with Gasteiger partial charge in [0.15, 0.2) is 0 Å². The minimum atomic E-state index is -3.69. The van der Waals surface area contributed by atoms with E-state index in [0.717, 1.165) is 28.9 Å². The van der Waals surface area contributed by atoms with Crippen LogP contribution in [0.5, 0.6) is 0 Å². The highest BCUT2D eigenvalue weighted by Gasteiger charge is 2.38. The molecule has 0 bridgehead atoms. The molecule has 0 aliphatic carbocycles. The van der Waals surface area contributed by atoms with Crippen LogP contribution in [0.3, 0.4) is 0 Å². The molecule has 174 valence electrons. The Kier molecular flexibility index (Phi) is 6.39. The second kappa shape index (κ2) is 8.96. The van der Waals surface area contributed by atoms with Gasteiger partial charge >= 0.3 is 0 Å². The molecule has 1 atom stereocenters. The van der Waals surface area contributed by atoms with Crippen molar-refractivity contribution in [2.75, 3.05) is 11.9 Å². The molecule has 0 saturated carbocycles. The fourth-order valence-corrected chi connectivity index (χ4v) is 6.43. The van der Waals surface area contributed by atoms with Crippen molar-refractivity contribution in [1.29, 1.82) is 0 Å². The van der Waals surface area contributed by atoms with E-state index in [0.29, 0.717) is 23.7 Å². The number of nitrogens with zero attached hydrogens (tertiary/aromatic N) is 3. The van der Waals surface area contributed by atoms with Gasteiger partial charge in [0.05, 0.1) is 10.9 Å². The number of rotatable bonds is 5. The fraction of sp³-hybridized carbons (Fsp3) is 0.375. The maximum atomic E-state index is 13.4. The standard InChI is InChI=1S/C24H28N4O3S2/c1-16-7-11-18(12-8-16)25-21(29)23-27-26-22(32-23)20-6-5-15-28(20)33(30,31)19-13-9-17(10-14-19)24(2,3)4/h7-14,20H,5-6,15H2,1-4H3,(H,25,29)/t20-/m1/s1. The van der Waals surface area contributed by atoms with Crippen LogP contribution in [-0.4, -0.2) is 35.4 Å². The van der Waals surface area contributed by atoms with Gasteiger partial charge in [-0.3, -0.25) is 4.79 Å². The highest BCUT2D eigenvalue weighted by atomic mass is 32.2. The zero-order valence-electron chi connectivity index (χ0n) is 19.2. The molecule has 3 aromatic rings. The predicted molar refractivity (Wildman–Crippen MR) is 130 cm³/mol. The largest absolute Gasteiger partial charge is 0.320 e. The Labute approximate surface area is 198 Å². The average molecular weight is 485 g/mol. The molecule has 1 N–H and O–H groups in total. The maximum absolute atomic E-state index is 13.4. The molecule has 1 amide bonds. The first-order chi connectivity index (χ1) is 15.6. The highest BCUT2D eigenvalue weighted by Crippen LogP contribution is 2.38. The summed E-state index contributed by atoms with van der Waals surface area (Å²) >= 11 is 1.14. The molecular formula is C24H28N4O3S2. The van der Waals surface area contributed by atoms with E-state index in [4.69, 9.17) is 0 Å². The second-order valence-electron chi connectivity index (χ2n) is 9.31.